The summed E-state index contributed by atoms with van der Waals surface area (Å²) in [6, 6.07) is 15.8. The molecule has 70 heavy (non-hydrogen) atoms. The Morgan fingerprint density at radius 3 is 2.11 bits per heavy atom. The lowest BCUT2D eigenvalue weighted by Gasteiger charge is -2.43. The molecular formula is C55H83N7O7S. The second-order valence-corrected chi connectivity index (χ2v) is 21.8. The molecule has 0 radical (unpaired) electrons. The number of likely N-dealkylation sites (N-methyl/N-ethyl adjacent to an activating group) is 2. The van der Waals surface area contributed by atoms with Crippen LogP contribution in [0.5, 0.6) is 0 Å². The van der Waals surface area contributed by atoms with E-state index < -0.39 is 41.3 Å². The van der Waals surface area contributed by atoms with Gasteiger partial charge in [-0.1, -0.05) is 96.2 Å². The maximum Gasteiger partial charge on any atom is 0.414 e. The highest BCUT2D eigenvalue weighted by atomic mass is 32.1. The van der Waals surface area contributed by atoms with Gasteiger partial charge in [0.15, 0.2) is 0 Å². The molecule has 1 fully saturated rings. The van der Waals surface area contributed by atoms with Crippen LogP contribution in [0.1, 0.15) is 124 Å². The first-order valence-electron chi connectivity index (χ1n) is 25.0. The standard InChI is InChI=1S/C55H83N7O7S/c1-16-38(6)55(11,30-28-45(63)62-32-20-23-44(62)48(68-15)39(7)49(64)57-43(51-56-31-34-70-51)35-41-21-18-17-19-22-41)61(14)52(66)46(36(2)3)58-50(65)47(37(4)5)59(12)33-29-40-24-26-42(27-25-40)60(13)53(67)69-54(8,9)10/h17-19,21-22,24-27,31,34,36-37,39,43-44,46-48H,6,16,20,23,28-30,32-33,35H2,1-5,7-15H3,(H,57,64)(H,58,65)/t39-,43+,44+,46+,47+,48?,55?/m1/s1. The van der Waals surface area contributed by atoms with Crippen LogP contribution in [0.3, 0.4) is 0 Å². The van der Waals surface area contributed by atoms with Crippen LogP contribution in [0.2, 0.25) is 0 Å². The molecule has 1 aromatic heterocycles. The minimum absolute atomic E-state index is 0.0591. The molecule has 4 rings (SSSR count). The number of likely N-dealkylation sites (tertiary alicyclic amines) is 1. The summed E-state index contributed by atoms with van der Waals surface area (Å²) in [5, 5.41) is 9.12. The Hall–Kier alpha value is -5.12. The fourth-order valence-corrected chi connectivity index (χ4v) is 10.2. The molecule has 1 aliphatic heterocycles. The third kappa shape index (κ3) is 15.2. The number of ether oxygens (including phenoxy) is 2. The maximum atomic E-state index is 14.7. The van der Waals surface area contributed by atoms with Crippen LogP contribution in [-0.4, -0.2) is 126 Å². The molecule has 1 aliphatic rings. The minimum atomic E-state index is -0.905. The molecule has 0 aliphatic carbocycles. The van der Waals surface area contributed by atoms with Gasteiger partial charge in [0.2, 0.25) is 23.6 Å². The van der Waals surface area contributed by atoms with Gasteiger partial charge in [0.05, 0.1) is 35.7 Å². The van der Waals surface area contributed by atoms with E-state index in [4.69, 9.17) is 9.47 Å². The van der Waals surface area contributed by atoms with Crippen molar-refractivity contribution < 1.29 is 33.4 Å². The van der Waals surface area contributed by atoms with E-state index in [1.54, 1.807) is 32.3 Å². The molecule has 0 bridgehead atoms. The lowest BCUT2D eigenvalue weighted by molar-refractivity contribution is -0.143. The van der Waals surface area contributed by atoms with Gasteiger partial charge >= 0.3 is 6.09 Å². The fourth-order valence-electron chi connectivity index (χ4n) is 9.49. The first kappa shape index (κ1) is 57.5. The Morgan fingerprint density at radius 2 is 1.56 bits per heavy atom. The number of nitrogens with one attached hydrogen (secondary N) is 2. The number of hydrogen-bond donors (Lipinski definition) is 2. The highest BCUT2D eigenvalue weighted by Gasteiger charge is 2.43. The van der Waals surface area contributed by atoms with E-state index in [1.165, 1.54) is 16.2 Å². The van der Waals surface area contributed by atoms with Gasteiger partial charge in [0, 0.05) is 58.0 Å². The maximum absolute atomic E-state index is 14.7. The third-order valence-electron chi connectivity index (χ3n) is 14.0. The van der Waals surface area contributed by atoms with Crippen molar-refractivity contribution in [3.63, 3.8) is 0 Å². The first-order valence-corrected chi connectivity index (χ1v) is 25.9. The average molecular weight is 986 g/mol. The van der Waals surface area contributed by atoms with Crippen LogP contribution in [0.25, 0.3) is 0 Å². The lowest BCUT2D eigenvalue weighted by atomic mass is 9.83. The zero-order valence-electron chi connectivity index (χ0n) is 44.5. The monoisotopic (exact) mass is 986 g/mol. The van der Waals surface area contributed by atoms with Gasteiger partial charge in [-0.3, -0.25) is 29.0 Å². The normalized spacial score (nSPS) is 17.0. The van der Waals surface area contributed by atoms with E-state index in [2.05, 4.69) is 22.2 Å². The minimum Gasteiger partial charge on any atom is -0.443 e. The van der Waals surface area contributed by atoms with Gasteiger partial charge in [0.1, 0.15) is 16.7 Å². The number of nitrogens with zero attached hydrogens (tertiary/aromatic N) is 5. The van der Waals surface area contributed by atoms with Gasteiger partial charge in [-0.05, 0) is 108 Å². The number of anilines is 1. The van der Waals surface area contributed by atoms with Gasteiger partial charge < -0.3 is 29.9 Å². The van der Waals surface area contributed by atoms with Crippen molar-refractivity contribution in [1.29, 1.82) is 0 Å². The average Bonchev–Trinajstić information content (AvgIpc) is 4.04. The Morgan fingerprint density at radius 1 is 0.900 bits per heavy atom. The summed E-state index contributed by atoms with van der Waals surface area (Å²) in [6.45, 7) is 24.7. The van der Waals surface area contributed by atoms with Crippen molar-refractivity contribution in [3.05, 3.63) is 94.5 Å². The number of hydrogen-bond acceptors (Lipinski definition) is 10. The smallest absolute Gasteiger partial charge is 0.414 e. The highest BCUT2D eigenvalue weighted by molar-refractivity contribution is 7.09. The Kier molecular flexibility index (Phi) is 21.2. The summed E-state index contributed by atoms with van der Waals surface area (Å²) in [4.78, 5) is 81.5. The second-order valence-electron chi connectivity index (χ2n) is 20.9. The van der Waals surface area contributed by atoms with Gasteiger partial charge in [-0.25, -0.2) is 9.78 Å². The molecule has 15 heteroatoms. The van der Waals surface area contributed by atoms with E-state index >= 15 is 0 Å². The number of thiazole rings is 1. The summed E-state index contributed by atoms with van der Waals surface area (Å²) in [5.74, 6) is -1.58. The van der Waals surface area contributed by atoms with E-state index in [1.807, 2.05) is 146 Å². The lowest BCUT2D eigenvalue weighted by Crippen LogP contribution is -2.60. The fraction of sp³-hybridized carbons (Fsp3) is 0.600. The van der Waals surface area contributed by atoms with E-state index in [0.29, 0.717) is 50.9 Å². The molecule has 1 saturated heterocycles. The quantitative estimate of drug-likeness (QED) is 0.0839. The van der Waals surface area contributed by atoms with Crippen LogP contribution in [0, 0.1) is 17.8 Å². The Bertz CT molecular complexity index is 2180. The molecule has 2 unspecified atom stereocenters. The van der Waals surface area contributed by atoms with Crippen molar-refractivity contribution in [2.24, 2.45) is 17.8 Å². The predicted molar refractivity (Wildman–Crippen MR) is 280 cm³/mol. The van der Waals surface area contributed by atoms with Gasteiger partial charge in [-0.2, -0.15) is 0 Å². The Labute approximate surface area is 422 Å². The van der Waals surface area contributed by atoms with Crippen molar-refractivity contribution in [3.8, 4) is 0 Å². The SMILES string of the molecule is C=C(CC)C(C)(CCC(=O)N1CCC[C@H]1C(OC)[C@@H](C)C(=O)N[C@@H](Cc1ccccc1)c1nccs1)N(C)C(=O)[C@@H](NC(=O)[C@H](C(C)C)N(C)CCc1ccc(N(C)C(=O)OC(C)(C)C)cc1)C(C)C. The van der Waals surface area contributed by atoms with Crippen LogP contribution < -0.4 is 15.5 Å². The summed E-state index contributed by atoms with van der Waals surface area (Å²) in [5.41, 5.74) is 2.15. The number of amides is 5. The van der Waals surface area contributed by atoms with Crippen molar-refractivity contribution in [1.82, 2.24) is 30.3 Å². The molecule has 7 atom stereocenters. The largest absolute Gasteiger partial charge is 0.443 e. The molecule has 386 valence electrons. The molecule has 2 aromatic carbocycles. The molecule has 2 N–H and O–H groups in total. The number of rotatable bonds is 24. The van der Waals surface area contributed by atoms with E-state index in [0.717, 1.165) is 28.1 Å². The van der Waals surface area contributed by atoms with Gasteiger partial charge in [-0.15, -0.1) is 11.3 Å². The van der Waals surface area contributed by atoms with Crippen LogP contribution in [-0.2, 0) is 41.5 Å². The second kappa shape index (κ2) is 25.8. The van der Waals surface area contributed by atoms with Crippen molar-refractivity contribution >= 4 is 46.7 Å². The van der Waals surface area contributed by atoms with E-state index in [9.17, 15) is 24.0 Å². The van der Waals surface area contributed by atoms with Gasteiger partial charge in [0.25, 0.3) is 0 Å². The topological polar surface area (TPSA) is 154 Å². The zero-order chi connectivity index (χ0) is 52.1. The molecule has 5 amide bonds. The molecule has 0 saturated carbocycles. The number of aromatic nitrogens is 1. The first-order chi connectivity index (χ1) is 32.9. The van der Waals surface area contributed by atoms with E-state index in [-0.39, 0.29) is 54.0 Å². The van der Waals surface area contributed by atoms with Crippen molar-refractivity contribution in [2.45, 2.75) is 156 Å². The number of methoxy groups -OCH3 is 1. The van der Waals surface area contributed by atoms with Crippen LogP contribution in [0.15, 0.2) is 78.3 Å². The van der Waals surface area contributed by atoms with Crippen LogP contribution in [0.4, 0.5) is 10.5 Å². The molecule has 0 spiro atoms. The number of carbonyl (C=O) groups is 5. The zero-order valence-corrected chi connectivity index (χ0v) is 45.4. The molecule has 14 nitrogen and oxygen atoms in total. The van der Waals surface area contributed by atoms with Crippen LogP contribution >= 0.6 is 11.3 Å². The molecular weight excluding hydrogens is 903 g/mol. The molecule has 3 aromatic rings. The number of carbonyl (C=O) groups excluding carboxylic acids is 5. The predicted octanol–water partition coefficient (Wildman–Crippen LogP) is 8.86. The van der Waals surface area contributed by atoms with Crippen molar-refractivity contribution in [2.75, 3.05) is 46.2 Å². The number of benzene rings is 2. The summed E-state index contributed by atoms with van der Waals surface area (Å²) >= 11 is 1.50. The molecule has 2 heterocycles. The summed E-state index contributed by atoms with van der Waals surface area (Å²) in [6.07, 6.45) is 4.55. The highest BCUT2D eigenvalue weighted by Crippen LogP contribution is 2.34. The summed E-state index contributed by atoms with van der Waals surface area (Å²) in [7, 11) is 6.95. The Balaban J connectivity index is 1.42. The summed E-state index contributed by atoms with van der Waals surface area (Å²) < 4.78 is 11.6. The third-order valence-corrected chi connectivity index (χ3v) is 14.8.